The summed E-state index contributed by atoms with van der Waals surface area (Å²) in [6.45, 7) is 12.1. The Morgan fingerprint density at radius 2 is 1.79 bits per heavy atom. The van der Waals surface area contributed by atoms with Crippen molar-refractivity contribution in [2.45, 2.75) is 52.2 Å². The lowest BCUT2D eigenvalue weighted by Crippen LogP contribution is -2.42. The number of aromatic nitrogens is 3. The third-order valence-corrected chi connectivity index (χ3v) is 7.11. The monoisotopic (exact) mass is 518 g/mol. The molecule has 2 N–H and O–H groups in total. The molecule has 9 heteroatoms. The van der Waals surface area contributed by atoms with E-state index >= 15 is 0 Å². The number of carbonyl (C=O) groups is 1. The number of pyridine rings is 1. The lowest BCUT2D eigenvalue weighted by atomic mass is 9.99. The van der Waals surface area contributed by atoms with Gasteiger partial charge in [0.15, 0.2) is 0 Å². The third kappa shape index (κ3) is 5.93. The van der Waals surface area contributed by atoms with Crippen LogP contribution in [0.4, 0.5) is 16.3 Å². The molecule has 5 rings (SSSR count). The smallest absolute Gasteiger partial charge is 0.410 e. The van der Waals surface area contributed by atoms with Gasteiger partial charge in [-0.05, 0) is 81.5 Å². The van der Waals surface area contributed by atoms with Gasteiger partial charge in [0.05, 0.1) is 31.1 Å². The summed E-state index contributed by atoms with van der Waals surface area (Å²) in [5.74, 6) is 0.932. The number of rotatable bonds is 4. The molecule has 2 aromatic heterocycles. The maximum atomic E-state index is 12.5. The molecular weight excluding hydrogens is 480 g/mol. The Hall–Kier alpha value is -3.59. The molecule has 0 spiro atoms. The predicted octanol–water partition coefficient (Wildman–Crippen LogP) is 4.91. The Morgan fingerprint density at radius 3 is 2.50 bits per heavy atom. The first-order chi connectivity index (χ1) is 18.2. The lowest BCUT2D eigenvalue weighted by molar-refractivity contribution is 0.0185. The molecule has 0 unspecified atom stereocenters. The lowest BCUT2D eigenvalue weighted by Gasteiger charge is -2.33. The first-order valence-corrected chi connectivity index (χ1v) is 13.4. The van der Waals surface area contributed by atoms with Crippen LogP contribution in [0.1, 0.15) is 45.2 Å². The highest BCUT2D eigenvalue weighted by Crippen LogP contribution is 2.33. The average Bonchev–Trinajstić information content (AvgIpc) is 3.40. The second-order valence-electron chi connectivity index (χ2n) is 11.2. The zero-order valence-corrected chi connectivity index (χ0v) is 22.8. The van der Waals surface area contributed by atoms with Crippen LogP contribution in [0.3, 0.4) is 0 Å². The van der Waals surface area contributed by atoms with Crippen molar-refractivity contribution < 1.29 is 14.3 Å². The van der Waals surface area contributed by atoms with Crippen molar-refractivity contribution in [3.05, 3.63) is 48.3 Å². The minimum Gasteiger partial charge on any atom is -0.444 e. The molecule has 0 radical (unpaired) electrons. The number of carbonyl (C=O) groups excluding carboxylic acids is 1. The van der Waals surface area contributed by atoms with Crippen LogP contribution in [0.2, 0.25) is 0 Å². The van der Waals surface area contributed by atoms with Crippen LogP contribution in [-0.2, 0) is 9.47 Å². The largest absolute Gasteiger partial charge is 0.444 e. The molecule has 38 heavy (non-hydrogen) atoms. The van der Waals surface area contributed by atoms with Crippen LogP contribution >= 0.6 is 0 Å². The van der Waals surface area contributed by atoms with Crippen LogP contribution < -0.4 is 10.6 Å². The van der Waals surface area contributed by atoms with Gasteiger partial charge < -0.3 is 25.0 Å². The fourth-order valence-electron chi connectivity index (χ4n) is 5.03. The zero-order valence-electron chi connectivity index (χ0n) is 22.8. The van der Waals surface area contributed by atoms with Gasteiger partial charge in [-0.25, -0.2) is 9.78 Å². The molecular formula is C29H38N6O3. The standard InChI is InChI=1S/C29H38N6O3/c1-20-5-6-23(30)17-25(20)21-15-26(32-27(16-21)33-11-13-37-14-12-33)22-18-31-35(19-22)24-7-9-34(10-8-24)28(36)38-29(2,3)4/h5-6,15-19,24H,7-14,30H2,1-4H3. The normalized spacial score (nSPS) is 17.1. The molecule has 4 heterocycles. The molecule has 202 valence electrons. The number of nitrogens with zero attached hydrogens (tertiary/aromatic N) is 5. The summed E-state index contributed by atoms with van der Waals surface area (Å²) >= 11 is 0. The van der Waals surface area contributed by atoms with Gasteiger partial charge in [0, 0.05) is 43.6 Å². The molecule has 2 aliphatic rings. The summed E-state index contributed by atoms with van der Waals surface area (Å²) < 4.78 is 13.1. The number of amides is 1. The third-order valence-electron chi connectivity index (χ3n) is 7.11. The van der Waals surface area contributed by atoms with Gasteiger partial charge in [0.25, 0.3) is 0 Å². The van der Waals surface area contributed by atoms with Crippen molar-refractivity contribution in [3.63, 3.8) is 0 Å². The van der Waals surface area contributed by atoms with E-state index < -0.39 is 5.60 Å². The second kappa shape index (κ2) is 10.6. The summed E-state index contributed by atoms with van der Waals surface area (Å²) in [4.78, 5) is 21.6. The number of hydrogen-bond donors (Lipinski definition) is 1. The van der Waals surface area contributed by atoms with E-state index in [1.54, 1.807) is 4.90 Å². The number of likely N-dealkylation sites (tertiary alicyclic amines) is 1. The van der Waals surface area contributed by atoms with Crippen LogP contribution in [0.25, 0.3) is 22.4 Å². The molecule has 0 saturated carbocycles. The highest BCUT2D eigenvalue weighted by atomic mass is 16.6. The van der Waals surface area contributed by atoms with Gasteiger partial charge in [0.2, 0.25) is 0 Å². The predicted molar refractivity (Wildman–Crippen MR) is 149 cm³/mol. The van der Waals surface area contributed by atoms with Crippen molar-refractivity contribution in [1.82, 2.24) is 19.7 Å². The number of piperidine rings is 1. The van der Waals surface area contributed by atoms with E-state index in [0.717, 1.165) is 65.4 Å². The minimum atomic E-state index is -0.490. The van der Waals surface area contributed by atoms with Crippen LogP contribution in [0.5, 0.6) is 0 Å². The van der Waals surface area contributed by atoms with Gasteiger partial charge in [0.1, 0.15) is 11.4 Å². The first kappa shape index (κ1) is 26.0. The van der Waals surface area contributed by atoms with Crippen molar-refractivity contribution in [2.24, 2.45) is 0 Å². The number of hydrogen-bond acceptors (Lipinski definition) is 7. The number of benzene rings is 1. The Labute approximate surface area is 224 Å². The quantitative estimate of drug-likeness (QED) is 0.490. The molecule has 2 saturated heterocycles. The summed E-state index contributed by atoms with van der Waals surface area (Å²) in [6.07, 6.45) is 5.38. The Balaban J connectivity index is 1.39. The van der Waals surface area contributed by atoms with Crippen LogP contribution in [0, 0.1) is 6.92 Å². The minimum absolute atomic E-state index is 0.223. The topological polar surface area (TPSA) is 98.7 Å². The molecule has 0 bridgehead atoms. The Kier molecular flexibility index (Phi) is 7.29. The zero-order chi connectivity index (χ0) is 26.9. The van der Waals surface area contributed by atoms with E-state index in [1.165, 1.54) is 0 Å². The van der Waals surface area contributed by atoms with Gasteiger partial charge in [-0.3, -0.25) is 4.68 Å². The van der Waals surface area contributed by atoms with E-state index in [2.05, 4.69) is 36.2 Å². The summed E-state index contributed by atoms with van der Waals surface area (Å²) in [5, 5.41) is 4.71. The highest BCUT2D eigenvalue weighted by Gasteiger charge is 2.28. The highest BCUT2D eigenvalue weighted by molar-refractivity contribution is 5.77. The Morgan fingerprint density at radius 1 is 1.05 bits per heavy atom. The number of ether oxygens (including phenoxy) is 2. The van der Waals surface area contributed by atoms with E-state index in [4.69, 9.17) is 25.3 Å². The number of anilines is 2. The molecule has 0 atom stereocenters. The van der Waals surface area contributed by atoms with Crippen LogP contribution in [-0.4, -0.2) is 70.8 Å². The maximum Gasteiger partial charge on any atom is 0.410 e. The molecule has 2 fully saturated rings. The summed E-state index contributed by atoms with van der Waals surface area (Å²) in [7, 11) is 0. The van der Waals surface area contributed by atoms with E-state index in [9.17, 15) is 4.79 Å². The van der Waals surface area contributed by atoms with Crippen molar-refractivity contribution >= 4 is 17.6 Å². The maximum absolute atomic E-state index is 12.5. The molecule has 0 aliphatic carbocycles. The first-order valence-electron chi connectivity index (χ1n) is 13.4. The number of nitrogens with two attached hydrogens (primary N) is 1. The summed E-state index contributed by atoms with van der Waals surface area (Å²) in [5.41, 5.74) is 11.6. The average molecular weight is 519 g/mol. The fourth-order valence-corrected chi connectivity index (χ4v) is 5.03. The van der Waals surface area contributed by atoms with Gasteiger partial charge in [-0.15, -0.1) is 0 Å². The van der Waals surface area contributed by atoms with E-state index in [-0.39, 0.29) is 12.1 Å². The molecule has 2 aliphatic heterocycles. The molecule has 1 aromatic carbocycles. The van der Waals surface area contributed by atoms with E-state index in [1.807, 2.05) is 43.8 Å². The Bertz CT molecular complexity index is 1280. The fraction of sp³-hybridized carbons (Fsp3) is 0.483. The number of morpholine rings is 1. The van der Waals surface area contributed by atoms with Crippen molar-refractivity contribution in [1.29, 1.82) is 0 Å². The van der Waals surface area contributed by atoms with Crippen molar-refractivity contribution in [2.75, 3.05) is 50.0 Å². The van der Waals surface area contributed by atoms with Gasteiger partial charge >= 0.3 is 6.09 Å². The molecule has 3 aromatic rings. The summed E-state index contributed by atoms with van der Waals surface area (Å²) in [6, 6.07) is 10.5. The van der Waals surface area contributed by atoms with Crippen molar-refractivity contribution in [3.8, 4) is 22.4 Å². The van der Waals surface area contributed by atoms with E-state index in [0.29, 0.717) is 26.3 Å². The number of aryl methyl sites for hydroxylation is 1. The van der Waals surface area contributed by atoms with Gasteiger partial charge in [-0.1, -0.05) is 6.07 Å². The molecule has 1 amide bonds. The second-order valence-corrected chi connectivity index (χ2v) is 11.2. The van der Waals surface area contributed by atoms with Crippen LogP contribution in [0.15, 0.2) is 42.7 Å². The molecule has 9 nitrogen and oxygen atoms in total. The van der Waals surface area contributed by atoms with Gasteiger partial charge in [-0.2, -0.15) is 5.10 Å². The number of nitrogen functional groups attached to an aromatic ring is 1. The SMILES string of the molecule is Cc1ccc(N)cc1-c1cc(-c2cnn(C3CCN(C(=O)OC(C)(C)C)CC3)c2)nc(N2CCOCC2)c1.